The van der Waals surface area contributed by atoms with E-state index in [4.69, 9.17) is 4.74 Å². The van der Waals surface area contributed by atoms with E-state index in [1.165, 1.54) is 6.92 Å². The topological polar surface area (TPSA) is 87.9 Å². The second kappa shape index (κ2) is 6.51. The van der Waals surface area contributed by atoms with Gasteiger partial charge in [0.25, 0.3) is 0 Å². The molecule has 0 bridgehead atoms. The monoisotopic (exact) mass is 376 g/mol. The van der Waals surface area contributed by atoms with Crippen LogP contribution in [0.25, 0.3) is 0 Å². The fraction of sp³-hybridized carbons (Fsp3) is 0.737. The molecule has 4 rings (SSSR count). The van der Waals surface area contributed by atoms with E-state index in [0.717, 1.165) is 0 Å². The summed E-state index contributed by atoms with van der Waals surface area (Å²) in [5.74, 6) is 0.751. The van der Waals surface area contributed by atoms with Crippen molar-refractivity contribution >= 4 is 11.8 Å². The van der Waals surface area contributed by atoms with Crippen molar-refractivity contribution in [2.24, 2.45) is 5.92 Å². The number of fused-ring (bicyclic) bond motifs is 1. The maximum absolute atomic E-state index is 12.6. The molecule has 1 aromatic heterocycles. The minimum absolute atomic E-state index is 0.0268. The molecule has 0 aliphatic carbocycles. The average molecular weight is 376 g/mol. The molecule has 3 aliphatic rings. The highest BCUT2D eigenvalue weighted by Gasteiger charge is 2.46. The standard InChI is InChI=1S/C19H28N4O4/c1-12(2)23-11-16-17(20-23)15(25)8-19(27-16)4-6-21(7-5-19)18(26)14-9-22(10-14)13(3)24/h11-12,14-15,25H,4-10H2,1-3H3. The van der Waals surface area contributed by atoms with Gasteiger partial charge in [-0.05, 0) is 13.8 Å². The van der Waals surface area contributed by atoms with Gasteiger partial charge in [-0.15, -0.1) is 0 Å². The smallest absolute Gasteiger partial charge is 0.229 e. The van der Waals surface area contributed by atoms with Gasteiger partial charge in [-0.1, -0.05) is 0 Å². The first-order valence-corrected chi connectivity index (χ1v) is 9.78. The van der Waals surface area contributed by atoms with Crippen molar-refractivity contribution in [3.05, 3.63) is 11.9 Å². The number of aliphatic hydroxyl groups excluding tert-OH is 1. The van der Waals surface area contributed by atoms with Crippen LogP contribution in [0.5, 0.6) is 5.75 Å². The number of aliphatic hydroxyl groups is 1. The van der Waals surface area contributed by atoms with E-state index < -0.39 is 11.7 Å². The van der Waals surface area contributed by atoms with Crippen molar-refractivity contribution in [3.8, 4) is 5.75 Å². The summed E-state index contributed by atoms with van der Waals surface area (Å²) in [5, 5.41) is 15.1. The molecule has 0 radical (unpaired) electrons. The molecular weight excluding hydrogens is 348 g/mol. The van der Waals surface area contributed by atoms with E-state index in [0.29, 0.717) is 56.9 Å². The molecule has 4 heterocycles. The van der Waals surface area contributed by atoms with E-state index >= 15 is 0 Å². The number of nitrogens with zero attached hydrogens (tertiary/aromatic N) is 4. The molecular formula is C19H28N4O4. The number of amides is 2. The molecule has 1 aromatic rings. The third-order valence-corrected chi connectivity index (χ3v) is 6.12. The summed E-state index contributed by atoms with van der Waals surface area (Å²) in [4.78, 5) is 27.5. The third-order valence-electron chi connectivity index (χ3n) is 6.12. The Hall–Kier alpha value is -2.09. The van der Waals surface area contributed by atoms with E-state index in [1.54, 1.807) is 4.90 Å². The van der Waals surface area contributed by atoms with Gasteiger partial charge in [-0.2, -0.15) is 5.10 Å². The van der Waals surface area contributed by atoms with Gasteiger partial charge in [0.2, 0.25) is 11.8 Å². The Kier molecular flexibility index (Phi) is 4.41. The van der Waals surface area contributed by atoms with Crippen molar-refractivity contribution < 1.29 is 19.4 Å². The molecule has 0 aromatic carbocycles. The van der Waals surface area contributed by atoms with Crippen molar-refractivity contribution in [1.29, 1.82) is 0 Å². The zero-order valence-electron chi connectivity index (χ0n) is 16.2. The number of aromatic nitrogens is 2. The maximum Gasteiger partial charge on any atom is 0.229 e. The predicted molar refractivity (Wildman–Crippen MR) is 97.1 cm³/mol. The summed E-state index contributed by atoms with van der Waals surface area (Å²) in [6, 6.07) is 0.207. The second-order valence-electron chi connectivity index (χ2n) is 8.40. The normalized spacial score (nSPS) is 24.6. The molecule has 2 amide bonds. The molecule has 27 heavy (non-hydrogen) atoms. The first-order chi connectivity index (χ1) is 12.8. The van der Waals surface area contributed by atoms with E-state index in [9.17, 15) is 14.7 Å². The van der Waals surface area contributed by atoms with Crippen LogP contribution in [0, 0.1) is 5.92 Å². The second-order valence-corrected chi connectivity index (χ2v) is 8.40. The highest BCUT2D eigenvalue weighted by Crippen LogP contribution is 2.44. The molecule has 8 nitrogen and oxygen atoms in total. The quantitative estimate of drug-likeness (QED) is 0.836. The SMILES string of the molecule is CC(=O)N1CC(C(=O)N2CCC3(CC2)CC(O)c2nn(C(C)C)cc2O3)C1. The van der Waals surface area contributed by atoms with Crippen molar-refractivity contribution in [1.82, 2.24) is 19.6 Å². The van der Waals surface area contributed by atoms with Crippen molar-refractivity contribution in [3.63, 3.8) is 0 Å². The third kappa shape index (κ3) is 3.20. The maximum atomic E-state index is 12.6. The lowest BCUT2D eigenvalue weighted by atomic mass is 9.82. The summed E-state index contributed by atoms with van der Waals surface area (Å²) >= 11 is 0. The minimum Gasteiger partial charge on any atom is -0.483 e. The lowest BCUT2D eigenvalue weighted by molar-refractivity contribution is -0.150. The van der Waals surface area contributed by atoms with Gasteiger partial charge in [0.15, 0.2) is 5.75 Å². The zero-order valence-corrected chi connectivity index (χ0v) is 16.2. The highest BCUT2D eigenvalue weighted by molar-refractivity contribution is 5.83. The van der Waals surface area contributed by atoms with Gasteiger partial charge in [-0.3, -0.25) is 14.3 Å². The van der Waals surface area contributed by atoms with E-state index in [1.807, 2.05) is 29.6 Å². The summed E-state index contributed by atoms with van der Waals surface area (Å²) < 4.78 is 8.13. The summed E-state index contributed by atoms with van der Waals surface area (Å²) in [6.45, 7) is 7.92. The summed E-state index contributed by atoms with van der Waals surface area (Å²) in [5.41, 5.74) is 0.186. The fourth-order valence-corrected chi connectivity index (χ4v) is 4.28. The van der Waals surface area contributed by atoms with Gasteiger partial charge >= 0.3 is 0 Å². The molecule has 2 saturated heterocycles. The van der Waals surface area contributed by atoms with E-state index in [-0.39, 0.29) is 23.8 Å². The Morgan fingerprint density at radius 1 is 1.26 bits per heavy atom. The van der Waals surface area contributed by atoms with Gasteiger partial charge < -0.3 is 19.6 Å². The number of rotatable bonds is 2. The van der Waals surface area contributed by atoms with E-state index in [2.05, 4.69) is 5.10 Å². The van der Waals surface area contributed by atoms with Gasteiger partial charge in [-0.25, -0.2) is 0 Å². The Labute approximate surface area is 159 Å². The number of hydrogen-bond donors (Lipinski definition) is 1. The minimum atomic E-state index is -0.633. The summed E-state index contributed by atoms with van der Waals surface area (Å²) in [6.07, 6.45) is 3.15. The Balaban J connectivity index is 1.38. The first kappa shape index (κ1) is 18.3. The highest BCUT2D eigenvalue weighted by atomic mass is 16.5. The largest absolute Gasteiger partial charge is 0.483 e. The van der Waals surface area contributed by atoms with Crippen LogP contribution in [-0.2, 0) is 9.59 Å². The summed E-state index contributed by atoms with van der Waals surface area (Å²) in [7, 11) is 0. The predicted octanol–water partition coefficient (Wildman–Crippen LogP) is 1.12. The molecule has 148 valence electrons. The Morgan fingerprint density at radius 2 is 1.93 bits per heavy atom. The van der Waals surface area contributed by atoms with Gasteiger partial charge in [0, 0.05) is 58.4 Å². The lowest BCUT2D eigenvalue weighted by Crippen LogP contribution is -2.58. The number of piperidine rings is 1. The Bertz CT molecular complexity index is 745. The van der Waals surface area contributed by atoms with Gasteiger partial charge in [0.1, 0.15) is 17.4 Å². The van der Waals surface area contributed by atoms with Crippen LogP contribution in [0.15, 0.2) is 6.20 Å². The molecule has 1 N–H and O–H groups in total. The van der Waals surface area contributed by atoms with Crippen LogP contribution in [0.4, 0.5) is 0 Å². The van der Waals surface area contributed by atoms with Crippen molar-refractivity contribution in [2.75, 3.05) is 26.2 Å². The zero-order chi connectivity index (χ0) is 19.3. The number of hydrogen-bond acceptors (Lipinski definition) is 5. The van der Waals surface area contributed by atoms with Crippen LogP contribution >= 0.6 is 0 Å². The van der Waals surface area contributed by atoms with Crippen LogP contribution in [0.1, 0.15) is 57.9 Å². The van der Waals surface area contributed by atoms with Crippen molar-refractivity contribution in [2.45, 2.75) is 57.8 Å². The molecule has 2 fully saturated rings. The molecule has 0 saturated carbocycles. The molecule has 1 unspecified atom stereocenters. The average Bonchev–Trinajstić information content (AvgIpc) is 2.98. The van der Waals surface area contributed by atoms with Gasteiger partial charge in [0.05, 0.1) is 12.1 Å². The fourth-order valence-electron chi connectivity index (χ4n) is 4.28. The molecule has 1 atom stereocenters. The van der Waals surface area contributed by atoms with Crippen LogP contribution in [0.2, 0.25) is 0 Å². The number of carbonyl (C=O) groups is 2. The lowest BCUT2D eigenvalue weighted by Gasteiger charge is -2.46. The first-order valence-electron chi connectivity index (χ1n) is 9.78. The molecule has 8 heteroatoms. The van der Waals surface area contributed by atoms with Crippen LogP contribution < -0.4 is 4.74 Å². The Morgan fingerprint density at radius 3 is 2.52 bits per heavy atom. The van der Waals surface area contributed by atoms with Crippen LogP contribution in [-0.4, -0.2) is 68.3 Å². The number of likely N-dealkylation sites (tertiary alicyclic amines) is 2. The molecule has 1 spiro atoms. The molecule has 3 aliphatic heterocycles. The van der Waals surface area contributed by atoms with Crippen LogP contribution in [0.3, 0.4) is 0 Å². The number of carbonyl (C=O) groups excluding carboxylic acids is 2. The number of ether oxygens (including phenoxy) is 1.